The first-order valence-corrected chi connectivity index (χ1v) is 10.1. The molecule has 7 heteroatoms. The molecule has 1 saturated heterocycles. The second-order valence-electron chi connectivity index (χ2n) is 8.48. The molecular weight excluding hydrogens is 384 g/mol. The molecule has 6 atom stereocenters. The van der Waals surface area contributed by atoms with E-state index in [2.05, 4.69) is 17.3 Å². The van der Waals surface area contributed by atoms with Gasteiger partial charge in [0.15, 0.2) is 0 Å². The Bertz CT molecular complexity index is 1130. The Kier molecular flexibility index (Phi) is 3.48. The third-order valence-electron chi connectivity index (χ3n) is 6.96. The van der Waals surface area contributed by atoms with Gasteiger partial charge >= 0.3 is 5.97 Å². The number of furan rings is 1. The lowest BCUT2D eigenvalue weighted by Gasteiger charge is -2.37. The number of carboxylic acids is 1. The lowest BCUT2D eigenvalue weighted by Crippen LogP contribution is -2.40. The lowest BCUT2D eigenvalue weighted by molar-refractivity contribution is -0.140. The van der Waals surface area contributed by atoms with Gasteiger partial charge in [0.05, 0.1) is 23.6 Å². The second-order valence-corrected chi connectivity index (χ2v) is 8.48. The van der Waals surface area contributed by atoms with Gasteiger partial charge in [-0.3, -0.25) is 9.59 Å². The summed E-state index contributed by atoms with van der Waals surface area (Å²) >= 11 is 0. The molecule has 5 aliphatic rings. The van der Waals surface area contributed by atoms with Crippen molar-refractivity contribution in [3.05, 3.63) is 59.9 Å². The van der Waals surface area contributed by atoms with Crippen molar-refractivity contribution in [3.63, 3.8) is 0 Å². The number of imide groups is 1. The van der Waals surface area contributed by atoms with E-state index < -0.39 is 5.97 Å². The standard InChI is InChI=1S/C23H18N2O5/c26-21-19-14-5-6-15(17-9-16(14)17)20(19)22(27)25(21)24-10-13-4-7-18(30-13)11-2-1-3-12(8-11)23(28)29/h1-8,10,14-17,19-20H,9H2,(H,28,29)/b24-10-/t14-,15-,16-,17+,19+,20-/m1/s1. The molecule has 2 heterocycles. The normalized spacial score (nSPS) is 33.3. The van der Waals surface area contributed by atoms with E-state index in [-0.39, 0.29) is 41.0 Å². The van der Waals surface area contributed by atoms with Gasteiger partial charge in [0, 0.05) is 5.56 Å². The summed E-state index contributed by atoms with van der Waals surface area (Å²) in [6, 6.07) is 9.80. The number of hydrogen-bond acceptors (Lipinski definition) is 5. The Morgan fingerprint density at radius 2 is 1.77 bits per heavy atom. The van der Waals surface area contributed by atoms with Crippen molar-refractivity contribution >= 4 is 24.0 Å². The number of amides is 2. The Labute approximate surface area is 171 Å². The highest BCUT2D eigenvalue weighted by Gasteiger charge is 2.67. The molecule has 30 heavy (non-hydrogen) atoms. The third-order valence-corrected chi connectivity index (χ3v) is 6.96. The zero-order chi connectivity index (χ0) is 20.6. The zero-order valence-corrected chi connectivity index (χ0v) is 15.8. The SMILES string of the molecule is O=C(O)c1cccc(-c2ccc(/C=N\N3C(=O)[C@@H]4[C@@H]5C=C[C@H]([C@H]6C[C@@H]56)[C@@H]4C3=O)o2)c1. The van der Waals surface area contributed by atoms with Crippen LogP contribution in [0.15, 0.2) is 58.1 Å². The van der Waals surface area contributed by atoms with Crippen molar-refractivity contribution in [1.29, 1.82) is 0 Å². The minimum atomic E-state index is -1.01. The molecule has 0 radical (unpaired) electrons. The molecule has 1 aliphatic heterocycles. The van der Waals surface area contributed by atoms with Crippen LogP contribution in [-0.4, -0.2) is 34.1 Å². The number of hydrazone groups is 1. The van der Waals surface area contributed by atoms with Gasteiger partial charge in [0.25, 0.3) is 11.8 Å². The van der Waals surface area contributed by atoms with Crippen molar-refractivity contribution in [1.82, 2.24) is 5.01 Å². The van der Waals surface area contributed by atoms with E-state index in [4.69, 9.17) is 9.52 Å². The van der Waals surface area contributed by atoms with E-state index in [1.165, 1.54) is 18.3 Å². The highest BCUT2D eigenvalue weighted by molar-refractivity contribution is 6.06. The Morgan fingerprint density at radius 3 is 2.43 bits per heavy atom. The molecule has 4 aliphatic carbocycles. The van der Waals surface area contributed by atoms with E-state index in [1.807, 2.05) is 0 Å². The average Bonchev–Trinajstić information content (AvgIpc) is 3.39. The van der Waals surface area contributed by atoms with E-state index in [0.29, 0.717) is 28.9 Å². The Balaban J connectivity index is 1.24. The third kappa shape index (κ3) is 2.38. The minimum Gasteiger partial charge on any atom is -0.478 e. The number of nitrogens with zero attached hydrogens (tertiary/aromatic N) is 2. The van der Waals surface area contributed by atoms with Crippen LogP contribution in [0.5, 0.6) is 0 Å². The van der Waals surface area contributed by atoms with Gasteiger partial charge in [-0.05, 0) is 54.4 Å². The second kappa shape index (κ2) is 6.01. The van der Waals surface area contributed by atoms with Crippen LogP contribution in [0.3, 0.4) is 0 Å². The summed E-state index contributed by atoms with van der Waals surface area (Å²) in [6.07, 6.45) is 6.75. The fraction of sp³-hybridized carbons (Fsp3) is 0.304. The number of rotatable bonds is 4. The van der Waals surface area contributed by atoms with Gasteiger partial charge in [0.1, 0.15) is 11.5 Å². The first-order chi connectivity index (χ1) is 14.5. The van der Waals surface area contributed by atoms with Crippen molar-refractivity contribution in [2.45, 2.75) is 6.42 Å². The number of carbonyl (C=O) groups excluding carboxylic acids is 2. The van der Waals surface area contributed by atoms with Crippen molar-refractivity contribution in [3.8, 4) is 11.3 Å². The molecule has 1 N–H and O–H groups in total. The van der Waals surface area contributed by atoms with Gasteiger partial charge < -0.3 is 9.52 Å². The number of hydrogen-bond donors (Lipinski definition) is 1. The predicted molar refractivity (Wildman–Crippen MR) is 105 cm³/mol. The van der Waals surface area contributed by atoms with Crippen LogP contribution in [-0.2, 0) is 9.59 Å². The van der Waals surface area contributed by atoms with Crippen LogP contribution < -0.4 is 0 Å². The fourth-order valence-corrected chi connectivity index (χ4v) is 5.55. The summed E-state index contributed by atoms with van der Waals surface area (Å²) in [7, 11) is 0. The fourth-order valence-electron chi connectivity index (χ4n) is 5.55. The van der Waals surface area contributed by atoms with Crippen LogP contribution in [0, 0.1) is 35.5 Å². The summed E-state index contributed by atoms with van der Waals surface area (Å²) in [6.45, 7) is 0. The van der Waals surface area contributed by atoms with Crippen molar-refractivity contribution in [2.24, 2.45) is 40.6 Å². The molecule has 1 aromatic heterocycles. The monoisotopic (exact) mass is 402 g/mol. The molecule has 7 rings (SSSR count). The molecular formula is C23H18N2O5. The number of allylic oxidation sites excluding steroid dienone is 2. The highest BCUT2D eigenvalue weighted by Crippen LogP contribution is 2.65. The van der Waals surface area contributed by atoms with E-state index in [9.17, 15) is 14.4 Å². The molecule has 2 saturated carbocycles. The maximum atomic E-state index is 12.9. The van der Waals surface area contributed by atoms with E-state index in [1.54, 1.807) is 24.3 Å². The first-order valence-electron chi connectivity index (χ1n) is 10.1. The molecule has 150 valence electrons. The number of benzene rings is 1. The molecule has 7 nitrogen and oxygen atoms in total. The van der Waals surface area contributed by atoms with Crippen LogP contribution in [0.2, 0.25) is 0 Å². The Morgan fingerprint density at radius 1 is 1.07 bits per heavy atom. The summed E-state index contributed by atoms with van der Waals surface area (Å²) in [5.41, 5.74) is 0.784. The van der Waals surface area contributed by atoms with Gasteiger partial charge in [-0.25, -0.2) is 4.79 Å². The number of carboxylic acid groups (broad SMARTS) is 1. The van der Waals surface area contributed by atoms with E-state index >= 15 is 0 Å². The highest BCUT2D eigenvalue weighted by atomic mass is 16.4. The van der Waals surface area contributed by atoms with Gasteiger partial charge in [0.2, 0.25) is 0 Å². The maximum absolute atomic E-state index is 12.9. The maximum Gasteiger partial charge on any atom is 0.335 e. The summed E-state index contributed by atoms with van der Waals surface area (Å²) < 4.78 is 5.73. The smallest absolute Gasteiger partial charge is 0.335 e. The number of aromatic carboxylic acids is 1. The van der Waals surface area contributed by atoms with E-state index in [0.717, 1.165) is 11.4 Å². The largest absolute Gasteiger partial charge is 0.478 e. The zero-order valence-electron chi connectivity index (χ0n) is 15.8. The number of carbonyl (C=O) groups is 3. The quantitative estimate of drug-likeness (QED) is 0.481. The molecule has 0 spiro atoms. The van der Waals surface area contributed by atoms with Crippen LogP contribution in [0.25, 0.3) is 11.3 Å². The molecule has 0 unspecified atom stereocenters. The Hall–Kier alpha value is -3.48. The minimum absolute atomic E-state index is 0.163. The summed E-state index contributed by atoms with van der Waals surface area (Å²) in [5, 5.41) is 14.3. The lowest BCUT2D eigenvalue weighted by atomic mass is 9.63. The van der Waals surface area contributed by atoms with Crippen LogP contribution >= 0.6 is 0 Å². The van der Waals surface area contributed by atoms with Gasteiger partial charge in [-0.15, -0.1) is 0 Å². The van der Waals surface area contributed by atoms with Crippen LogP contribution in [0.4, 0.5) is 0 Å². The van der Waals surface area contributed by atoms with Crippen LogP contribution in [0.1, 0.15) is 22.5 Å². The summed E-state index contributed by atoms with van der Waals surface area (Å²) in [4.78, 5) is 37.0. The predicted octanol–water partition coefficient (Wildman–Crippen LogP) is 3.03. The molecule has 2 aromatic rings. The van der Waals surface area contributed by atoms with Crippen molar-refractivity contribution < 1.29 is 23.9 Å². The first kappa shape index (κ1) is 17.4. The molecule has 2 bridgehead atoms. The molecule has 1 aromatic carbocycles. The van der Waals surface area contributed by atoms with Crippen molar-refractivity contribution in [2.75, 3.05) is 0 Å². The average molecular weight is 402 g/mol. The molecule has 2 amide bonds. The topological polar surface area (TPSA) is 100 Å². The van der Waals surface area contributed by atoms with Gasteiger partial charge in [-0.1, -0.05) is 24.3 Å². The molecule has 3 fully saturated rings. The summed E-state index contributed by atoms with van der Waals surface area (Å²) in [5.74, 6) is 0.292. The van der Waals surface area contributed by atoms with Gasteiger partial charge in [-0.2, -0.15) is 10.1 Å².